The van der Waals surface area contributed by atoms with Crippen LogP contribution in [0.25, 0.3) is 0 Å². The minimum absolute atomic E-state index is 0.00535. The Bertz CT molecular complexity index is 558. The zero-order valence-electron chi connectivity index (χ0n) is 10.2. The molecular formula is C14H14N2O3. The van der Waals surface area contributed by atoms with Gasteiger partial charge in [-0.25, -0.2) is 0 Å². The third-order valence-corrected chi connectivity index (χ3v) is 2.69. The highest BCUT2D eigenvalue weighted by molar-refractivity contribution is 5.38. The van der Waals surface area contributed by atoms with Crippen LogP contribution in [0.5, 0.6) is 5.75 Å². The van der Waals surface area contributed by atoms with Crippen molar-refractivity contribution >= 4 is 5.69 Å². The summed E-state index contributed by atoms with van der Waals surface area (Å²) >= 11 is 0. The number of ether oxygens (including phenoxy) is 1. The molecule has 19 heavy (non-hydrogen) atoms. The first kappa shape index (κ1) is 13.0. The normalized spacial score (nSPS) is 11.8. The third kappa shape index (κ3) is 3.53. The van der Waals surface area contributed by atoms with Crippen LogP contribution in [0, 0.1) is 10.1 Å². The maximum atomic E-state index is 10.6. The number of hydrogen-bond donors (Lipinski definition) is 1. The van der Waals surface area contributed by atoms with Gasteiger partial charge >= 0.3 is 0 Å². The second-order valence-electron chi connectivity index (χ2n) is 4.08. The summed E-state index contributed by atoms with van der Waals surface area (Å²) in [5.41, 5.74) is 6.95. The van der Waals surface area contributed by atoms with E-state index in [1.165, 1.54) is 12.1 Å². The number of nitrogens with zero attached hydrogens (tertiary/aromatic N) is 1. The van der Waals surface area contributed by atoms with E-state index >= 15 is 0 Å². The fourth-order valence-electron chi connectivity index (χ4n) is 1.67. The molecule has 0 amide bonds. The fraction of sp³-hybridized carbons (Fsp3) is 0.143. The molecule has 5 heteroatoms. The highest BCUT2D eigenvalue weighted by Crippen LogP contribution is 2.20. The maximum Gasteiger partial charge on any atom is 0.273 e. The highest BCUT2D eigenvalue weighted by atomic mass is 16.6. The monoisotopic (exact) mass is 258 g/mol. The van der Waals surface area contributed by atoms with Crippen molar-refractivity contribution in [3.8, 4) is 5.75 Å². The van der Waals surface area contributed by atoms with Crippen LogP contribution < -0.4 is 10.5 Å². The van der Waals surface area contributed by atoms with Gasteiger partial charge in [0, 0.05) is 6.07 Å². The van der Waals surface area contributed by atoms with Gasteiger partial charge in [-0.3, -0.25) is 10.1 Å². The van der Waals surface area contributed by atoms with Crippen LogP contribution in [0.15, 0.2) is 54.6 Å². The van der Waals surface area contributed by atoms with Crippen molar-refractivity contribution < 1.29 is 9.66 Å². The van der Waals surface area contributed by atoms with E-state index in [1.54, 1.807) is 12.1 Å². The molecule has 2 aromatic carbocycles. The predicted octanol–water partition coefficient (Wildman–Crippen LogP) is 2.67. The first-order chi connectivity index (χ1) is 9.16. The Balaban J connectivity index is 1.99. The lowest BCUT2D eigenvalue weighted by Crippen LogP contribution is -2.18. The van der Waals surface area contributed by atoms with Crippen molar-refractivity contribution in [3.63, 3.8) is 0 Å². The molecule has 0 spiro atoms. The van der Waals surface area contributed by atoms with Crippen LogP contribution in [-0.2, 0) is 0 Å². The molecule has 2 rings (SSSR count). The van der Waals surface area contributed by atoms with E-state index in [2.05, 4.69) is 0 Å². The van der Waals surface area contributed by atoms with Crippen molar-refractivity contribution in [3.05, 3.63) is 70.3 Å². The molecule has 0 heterocycles. The van der Waals surface area contributed by atoms with E-state index in [0.717, 1.165) is 5.56 Å². The minimum atomic E-state index is -0.454. The average molecular weight is 258 g/mol. The van der Waals surface area contributed by atoms with E-state index in [-0.39, 0.29) is 18.3 Å². The summed E-state index contributed by atoms with van der Waals surface area (Å²) in [6.07, 6.45) is 0. The molecule has 0 saturated carbocycles. The zero-order valence-corrected chi connectivity index (χ0v) is 10.2. The second-order valence-corrected chi connectivity index (χ2v) is 4.08. The smallest absolute Gasteiger partial charge is 0.273 e. The number of benzene rings is 2. The van der Waals surface area contributed by atoms with Gasteiger partial charge in [-0.1, -0.05) is 36.4 Å². The van der Waals surface area contributed by atoms with E-state index < -0.39 is 4.92 Å². The second kappa shape index (κ2) is 5.97. The number of hydrogen-bond acceptors (Lipinski definition) is 4. The van der Waals surface area contributed by atoms with Gasteiger partial charge in [0.15, 0.2) is 0 Å². The van der Waals surface area contributed by atoms with Gasteiger partial charge in [0.2, 0.25) is 0 Å². The van der Waals surface area contributed by atoms with Gasteiger partial charge in [0.05, 0.1) is 17.0 Å². The number of non-ortho nitro benzene ring substituents is 1. The third-order valence-electron chi connectivity index (χ3n) is 2.69. The van der Waals surface area contributed by atoms with Gasteiger partial charge in [0.1, 0.15) is 12.4 Å². The van der Waals surface area contributed by atoms with Crippen LogP contribution in [0.2, 0.25) is 0 Å². The van der Waals surface area contributed by atoms with Gasteiger partial charge in [0.25, 0.3) is 5.69 Å². The largest absolute Gasteiger partial charge is 0.491 e. The van der Waals surface area contributed by atoms with E-state index in [9.17, 15) is 10.1 Å². The number of rotatable bonds is 5. The molecule has 0 saturated heterocycles. The van der Waals surface area contributed by atoms with Crippen LogP contribution in [-0.4, -0.2) is 11.5 Å². The molecular weight excluding hydrogens is 244 g/mol. The van der Waals surface area contributed by atoms with Crippen LogP contribution >= 0.6 is 0 Å². The predicted molar refractivity (Wildman–Crippen MR) is 72.0 cm³/mol. The molecule has 0 aliphatic heterocycles. The molecule has 0 fully saturated rings. The molecule has 0 aliphatic carbocycles. The van der Waals surface area contributed by atoms with Gasteiger partial charge in [-0.15, -0.1) is 0 Å². The number of nitro benzene ring substituents is 1. The van der Waals surface area contributed by atoms with Crippen molar-refractivity contribution in [2.75, 3.05) is 6.61 Å². The first-order valence-corrected chi connectivity index (χ1v) is 5.84. The average Bonchev–Trinajstić information content (AvgIpc) is 2.46. The summed E-state index contributed by atoms with van der Waals surface area (Å²) in [5.74, 6) is 0.445. The Morgan fingerprint density at radius 2 is 1.89 bits per heavy atom. The molecule has 0 aliphatic rings. The lowest BCUT2D eigenvalue weighted by molar-refractivity contribution is -0.384. The van der Waals surface area contributed by atoms with Crippen molar-refractivity contribution in [2.24, 2.45) is 5.73 Å². The molecule has 2 N–H and O–H groups in total. The number of nitrogens with two attached hydrogens (primary N) is 1. The van der Waals surface area contributed by atoms with Crippen LogP contribution in [0.1, 0.15) is 11.6 Å². The van der Waals surface area contributed by atoms with E-state index in [4.69, 9.17) is 10.5 Å². The lowest BCUT2D eigenvalue weighted by atomic mass is 10.1. The molecule has 5 nitrogen and oxygen atoms in total. The maximum absolute atomic E-state index is 10.6. The van der Waals surface area contributed by atoms with Gasteiger partial charge < -0.3 is 10.5 Å². The summed E-state index contributed by atoms with van der Waals surface area (Å²) in [7, 11) is 0. The Kier molecular flexibility index (Phi) is 4.10. The molecule has 0 radical (unpaired) electrons. The van der Waals surface area contributed by atoms with Crippen LogP contribution in [0.4, 0.5) is 5.69 Å². The molecule has 1 unspecified atom stereocenters. The van der Waals surface area contributed by atoms with Crippen molar-refractivity contribution in [1.82, 2.24) is 0 Å². The standard InChI is InChI=1S/C14H14N2O3/c15-14(11-5-2-1-3-6-11)10-19-13-8-4-7-12(9-13)16(17)18/h1-9,14H,10,15H2. The Hall–Kier alpha value is -2.40. The topological polar surface area (TPSA) is 78.4 Å². The lowest BCUT2D eigenvalue weighted by Gasteiger charge is -2.13. The Morgan fingerprint density at radius 1 is 1.16 bits per heavy atom. The van der Waals surface area contributed by atoms with Gasteiger partial charge in [-0.2, -0.15) is 0 Å². The summed E-state index contributed by atoms with van der Waals surface area (Å²) in [6.45, 7) is 0.269. The Labute approximate surface area is 110 Å². The summed E-state index contributed by atoms with van der Waals surface area (Å²) in [6, 6.07) is 15.4. The summed E-state index contributed by atoms with van der Waals surface area (Å²) in [5, 5.41) is 10.6. The van der Waals surface area contributed by atoms with E-state index in [0.29, 0.717) is 5.75 Å². The molecule has 98 valence electrons. The summed E-state index contributed by atoms with van der Waals surface area (Å²) in [4.78, 5) is 10.2. The Morgan fingerprint density at radius 3 is 2.58 bits per heavy atom. The SMILES string of the molecule is NC(COc1cccc([N+](=O)[O-])c1)c1ccccc1. The zero-order chi connectivity index (χ0) is 13.7. The summed E-state index contributed by atoms with van der Waals surface area (Å²) < 4.78 is 5.48. The van der Waals surface area contributed by atoms with E-state index in [1.807, 2.05) is 30.3 Å². The van der Waals surface area contributed by atoms with Crippen molar-refractivity contribution in [1.29, 1.82) is 0 Å². The van der Waals surface area contributed by atoms with Gasteiger partial charge in [-0.05, 0) is 11.6 Å². The quantitative estimate of drug-likeness (QED) is 0.660. The number of nitro groups is 1. The molecule has 2 aromatic rings. The van der Waals surface area contributed by atoms with Crippen LogP contribution in [0.3, 0.4) is 0 Å². The highest BCUT2D eigenvalue weighted by Gasteiger charge is 2.09. The molecule has 0 aromatic heterocycles. The minimum Gasteiger partial charge on any atom is -0.491 e. The molecule has 0 bridgehead atoms. The first-order valence-electron chi connectivity index (χ1n) is 5.84. The van der Waals surface area contributed by atoms with Crippen molar-refractivity contribution in [2.45, 2.75) is 6.04 Å². The fourth-order valence-corrected chi connectivity index (χ4v) is 1.67. The molecule has 1 atom stereocenters.